The molecule has 0 fully saturated rings. The van der Waals surface area contributed by atoms with E-state index >= 15 is 0 Å². The van der Waals surface area contributed by atoms with Gasteiger partial charge in [-0.05, 0) is 68.7 Å². The Hall–Kier alpha value is -2.62. The maximum Gasteiger partial charge on any atom is 0.130 e. The highest BCUT2D eigenvalue weighted by Crippen LogP contribution is 2.24. The fraction of sp³-hybridized carbons (Fsp3) is 0.364. The summed E-state index contributed by atoms with van der Waals surface area (Å²) in [6, 6.07) is 12.3. The van der Waals surface area contributed by atoms with Crippen LogP contribution < -0.4 is 4.74 Å². The molecule has 0 saturated heterocycles. The van der Waals surface area contributed by atoms with Crippen molar-refractivity contribution in [3.05, 3.63) is 58.7 Å². The van der Waals surface area contributed by atoms with Crippen LogP contribution in [0.15, 0.2) is 46.4 Å². The first-order chi connectivity index (χ1) is 12.4. The molecule has 0 aromatic heterocycles. The van der Waals surface area contributed by atoms with E-state index in [-0.39, 0.29) is 0 Å². The summed E-state index contributed by atoms with van der Waals surface area (Å²) in [5.41, 5.74) is 6.50. The monoisotopic (exact) mass is 351 g/mol. The fourth-order valence-electron chi connectivity index (χ4n) is 2.61. The zero-order valence-corrected chi connectivity index (χ0v) is 16.7. The lowest BCUT2D eigenvalue weighted by Crippen LogP contribution is -2.15. The number of hydrogen-bond donors (Lipinski definition) is 0. The molecule has 4 nitrogen and oxygen atoms in total. The Balaban J connectivity index is 2.20. The standard InChI is InChI=1S/C22H29N3O/c1-7-25(6)15-24-21-13-17(3)20(12-18(21)4)22(23-5)14-26-19-10-8-9-16(2)11-19/h8-13,15H,7,14H2,1-6H3/b23-22+,24-15-. The molecule has 0 aliphatic heterocycles. The van der Waals surface area contributed by atoms with Gasteiger partial charge in [0.2, 0.25) is 0 Å². The topological polar surface area (TPSA) is 37.2 Å². The second kappa shape index (κ2) is 9.18. The average Bonchev–Trinajstić information content (AvgIpc) is 2.63. The Morgan fingerprint density at radius 2 is 1.88 bits per heavy atom. The van der Waals surface area contributed by atoms with Gasteiger partial charge in [-0.3, -0.25) is 4.99 Å². The van der Waals surface area contributed by atoms with Crippen LogP contribution in [0.3, 0.4) is 0 Å². The van der Waals surface area contributed by atoms with Crippen LogP contribution in [0, 0.1) is 20.8 Å². The van der Waals surface area contributed by atoms with Crippen LogP contribution >= 0.6 is 0 Å². The molecule has 0 atom stereocenters. The molecule has 0 unspecified atom stereocenters. The molecule has 0 N–H and O–H groups in total. The molecular weight excluding hydrogens is 322 g/mol. The summed E-state index contributed by atoms with van der Waals surface area (Å²) < 4.78 is 5.95. The minimum absolute atomic E-state index is 0.446. The molecule has 0 amide bonds. The van der Waals surface area contributed by atoms with Gasteiger partial charge < -0.3 is 9.64 Å². The summed E-state index contributed by atoms with van der Waals surface area (Å²) >= 11 is 0. The van der Waals surface area contributed by atoms with E-state index in [4.69, 9.17) is 4.74 Å². The Kier molecular flexibility index (Phi) is 6.96. The van der Waals surface area contributed by atoms with Crippen LogP contribution in [-0.4, -0.2) is 44.2 Å². The van der Waals surface area contributed by atoms with Crippen LogP contribution in [0.2, 0.25) is 0 Å². The smallest absolute Gasteiger partial charge is 0.130 e. The van der Waals surface area contributed by atoms with E-state index in [1.165, 1.54) is 5.56 Å². The molecule has 4 heteroatoms. The normalized spacial score (nSPS) is 11.8. The second-order valence-corrected chi connectivity index (χ2v) is 6.55. The van der Waals surface area contributed by atoms with Crippen LogP contribution in [0.25, 0.3) is 0 Å². The van der Waals surface area contributed by atoms with Gasteiger partial charge in [-0.15, -0.1) is 0 Å². The van der Waals surface area contributed by atoms with Crippen LogP contribution in [0.5, 0.6) is 5.75 Å². The van der Waals surface area contributed by atoms with Gasteiger partial charge >= 0.3 is 0 Å². The van der Waals surface area contributed by atoms with E-state index in [2.05, 4.69) is 60.8 Å². The molecule has 0 aliphatic rings. The number of benzene rings is 2. The van der Waals surface area contributed by atoms with E-state index in [0.717, 1.165) is 40.4 Å². The van der Waals surface area contributed by atoms with Gasteiger partial charge in [0.05, 0.1) is 17.7 Å². The highest BCUT2D eigenvalue weighted by Gasteiger charge is 2.11. The van der Waals surface area contributed by atoms with Crippen LogP contribution in [0.4, 0.5) is 5.69 Å². The average molecular weight is 351 g/mol. The second-order valence-electron chi connectivity index (χ2n) is 6.55. The SMILES string of the molecule is CCN(C)/C=N\c1cc(C)c(/C(COc2cccc(C)c2)=N/C)cc1C. The molecule has 138 valence electrons. The molecular formula is C22H29N3O. The van der Waals surface area contributed by atoms with Crippen molar-refractivity contribution in [2.24, 2.45) is 9.98 Å². The van der Waals surface area contributed by atoms with Crippen LogP contribution in [-0.2, 0) is 0 Å². The van der Waals surface area contributed by atoms with Gasteiger partial charge in [-0.1, -0.05) is 12.1 Å². The predicted molar refractivity (Wildman–Crippen MR) is 112 cm³/mol. The van der Waals surface area contributed by atoms with E-state index in [1.54, 1.807) is 0 Å². The highest BCUT2D eigenvalue weighted by molar-refractivity contribution is 6.03. The zero-order valence-electron chi connectivity index (χ0n) is 16.7. The number of hydrogen-bond acceptors (Lipinski definition) is 3. The Labute approximate surface area is 157 Å². The third kappa shape index (κ3) is 5.19. The first-order valence-corrected chi connectivity index (χ1v) is 8.95. The third-order valence-electron chi connectivity index (χ3n) is 4.38. The lowest BCUT2D eigenvalue weighted by atomic mass is 10.00. The molecule has 2 aromatic carbocycles. The van der Waals surface area contributed by atoms with Crippen molar-refractivity contribution in [3.8, 4) is 5.75 Å². The summed E-state index contributed by atoms with van der Waals surface area (Å²) in [7, 11) is 3.83. The van der Waals surface area contributed by atoms with Crippen molar-refractivity contribution in [1.82, 2.24) is 4.90 Å². The van der Waals surface area contributed by atoms with Crippen molar-refractivity contribution in [2.45, 2.75) is 27.7 Å². The van der Waals surface area contributed by atoms with Crippen molar-refractivity contribution in [1.29, 1.82) is 0 Å². The molecule has 0 aliphatic carbocycles. The van der Waals surface area contributed by atoms with Gasteiger partial charge in [-0.2, -0.15) is 0 Å². The van der Waals surface area contributed by atoms with Crippen molar-refractivity contribution in [3.63, 3.8) is 0 Å². The molecule has 2 aromatic rings. The van der Waals surface area contributed by atoms with Crippen molar-refractivity contribution >= 4 is 17.7 Å². The number of aliphatic imine (C=N–C) groups is 2. The summed E-state index contributed by atoms with van der Waals surface area (Å²) in [4.78, 5) is 11.1. The quantitative estimate of drug-likeness (QED) is 0.534. The van der Waals surface area contributed by atoms with Gasteiger partial charge in [0.25, 0.3) is 0 Å². The largest absolute Gasteiger partial charge is 0.487 e. The molecule has 26 heavy (non-hydrogen) atoms. The Morgan fingerprint density at radius 3 is 2.54 bits per heavy atom. The van der Waals surface area contributed by atoms with Gasteiger partial charge in [0.1, 0.15) is 12.4 Å². The first kappa shape index (κ1) is 19.7. The van der Waals surface area contributed by atoms with Crippen LogP contribution in [0.1, 0.15) is 29.2 Å². The van der Waals surface area contributed by atoms with E-state index in [1.807, 2.05) is 38.6 Å². The lowest BCUT2D eigenvalue weighted by molar-refractivity contribution is 0.376. The Morgan fingerprint density at radius 1 is 1.12 bits per heavy atom. The molecule has 0 heterocycles. The lowest BCUT2D eigenvalue weighted by Gasteiger charge is -2.14. The number of ether oxygens (including phenoxy) is 1. The maximum absolute atomic E-state index is 5.95. The number of aryl methyl sites for hydroxylation is 3. The summed E-state index contributed by atoms with van der Waals surface area (Å²) in [6.45, 7) is 9.71. The summed E-state index contributed by atoms with van der Waals surface area (Å²) in [5, 5.41) is 0. The minimum atomic E-state index is 0.446. The maximum atomic E-state index is 5.95. The zero-order chi connectivity index (χ0) is 19.1. The first-order valence-electron chi connectivity index (χ1n) is 8.95. The molecule has 2 rings (SSSR count). The van der Waals surface area contributed by atoms with Crippen molar-refractivity contribution < 1.29 is 4.74 Å². The summed E-state index contributed by atoms with van der Waals surface area (Å²) in [5.74, 6) is 0.865. The minimum Gasteiger partial charge on any atom is -0.487 e. The van der Waals surface area contributed by atoms with Crippen molar-refractivity contribution in [2.75, 3.05) is 27.2 Å². The molecule has 0 spiro atoms. The molecule has 0 bridgehead atoms. The van der Waals surface area contributed by atoms with Gasteiger partial charge in [-0.25, -0.2) is 4.99 Å². The Bertz CT molecular complexity index is 809. The highest BCUT2D eigenvalue weighted by atomic mass is 16.5. The number of rotatable bonds is 7. The predicted octanol–water partition coefficient (Wildman–Crippen LogP) is 4.72. The third-order valence-corrected chi connectivity index (χ3v) is 4.38. The van der Waals surface area contributed by atoms with Gasteiger partial charge in [0.15, 0.2) is 0 Å². The summed E-state index contributed by atoms with van der Waals surface area (Å²) in [6.07, 6.45) is 1.87. The fourth-order valence-corrected chi connectivity index (χ4v) is 2.61. The van der Waals surface area contributed by atoms with E-state index < -0.39 is 0 Å². The van der Waals surface area contributed by atoms with E-state index in [0.29, 0.717) is 6.61 Å². The van der Waals surface area contributed by atoms with Gasteiger partial charge in [0, 0.05) is 26.2 Å². The molecule has 0 radical (unpaired) electrons. The van der Waals surface area contributed by atoms with E-state index in [9.17, 15) is 0 Å². The molecule has 0 saturated carbocycles. The number of nitrogens with zero attached hydrogens (tertiary/aromatic N) is 3.